The van der Waals surface area contributed by atoms with E-state index in [0.717, 1.165) is 0 Å². The van der Waals surface area contributed by atoms with E-state index < -0.39 is 16.9 Å². The fourth-order valence-electron chi connectivity index (χ4n) is 1.85. The molecular formula is C13H11BrO4. The monoisotopic (exact) mass is 310 g/mol. The highest BCUT2D eigenvalue weighted by atomic mass is 79.9. The average Bonchev–Trinajstić information content (AvgIpc) is 2.48. The first-order chi connectivity index (χ1) is 8.41. The van der Waals surface area contributed by atoms with Gasteiger partial charge in [-0.15, -0.1) is 0 Å². The third kappa shape index (κ3) is 2.01. The van der Waals surface area contributed by atoms with Crippen molar-refractivity contribution in [1.29, 1.82) is 0 Å². The molecular weight excluding hydrogens is 300 g/mol. The quantitative estimate of drug-likeness (QED) is 0.670. The molecule has 0 amide bonds. The third-order valence-corrected chi connectivity index (χ3v) is 3.41. The Balaban J connectivity index is 3.15. The summed E-state index contributed by atoms with van der Waals surface area (Å²) in [6, 6.07) is 3.00. The number of rotatable bonds is 0. The van der Waals surface area contributed by atoms with E-state index in [1.165, 1.54) is 6.07 Å². The van der Waals surface area contributed by atoms with E-state index in [0.29, 0.717) is 21.7 Å². The van der Waals surface area contributed by atoms with Gasteiger partial charge in [-0.2, -0.15) is 0 Å². The predicted molar refractivity (Wildman–Crippen MR) is 72.1 cm³/mol. The van der Waals surface area contributed by atoms with E-state index >= 15 is 0 Å². The van der Waals surface area contributed by atoms with E-state index in [9.17, 15) is 20.1 Å². The molecule has 5 heteroatoms. The molecule has 1 aliphatic carbocycles. The van der Waals surface area contributed by atoms with Crippen molar-refractivity contribution in [2.24, 2.45) is 0 Å². The number of aliphatic hydroxyl groups excluding tert-OH is 2. The summed E-state index contributed by atoms with van der Waals surface area (Å²) in [7, 11) is 0. The summed E-state index contributed by atoms with van der Waals surface area (Å²) < 4.78 is 0.385. The van der Waals surface area contributed by atoms with Gasteiger partial charge in [0.1, 0.15) is 0 Å². The van der Waals surface area contributed by atoms with Crippen LogP contribution in [0.1, 0.15) is 12.0 Å². The maximum Gasteiger partial charge on any atom is 0.231 e. The van der Waals surface area contributed by atoms with E-state index in [1.807, 2.05) is 0 Å². The molecule has 0 radical (unpaired) electrons. The van der Waals surface area contributed by atoms with Crippen molar-refractivity contribution in [1.82, 2.24) is 0 Å². The van der Waals surface area contributed by atoms with Crippen molar-refractivity contribution < 1.29 is 15.3 Å². The van der Waals surface area contributed by atoms with Crippen LogP contribution >= 0.6 is 15.9 Å². The molecule has 2 rings (SSSR count). The van der Waals surface area contributed by atoms with E-state index in [-0.39, 0.29) is 11.0 Å². The number of aromatic hydroxyl groups is 1. The van der Waals surface area contributed by atoms with E-state index in [4.69, 9.17) is 0 Å². The summed E-state index contributed by atoms with van der Waals surface area (Å²) in [6.07, 6.45) is 2.05. The minimum Gasteiger partial charge on any atom is -0.504 e. The van der Waals surface area contributed by atoms with Gasteiger partial charge in [-0.3, -0.25) is 4.79 Å². The van der Waals surface area contributed by atoms with Crippen LogP contribution in [0.15, 0.2) is 27.2 Å². The topological polar surface area (TPSA) is 77.8 Å². The Kier molecular flexibility index (Phi) is 3.17. The normalized spacial score (nSPS) is 14.9. The molecule has 0 bridgehead atoms. The van der Waals surface area contributed by atoms with Crippen LogP contribution in [0, 0.1) is 6.92 Å². The van der Waals surface area contributed by atoms with Gasteiger partial charge >= 0.3 is 0 Å². The maximum atomic E-state index is 12.0. The van der Waals surface area contributed by atoms with Crippen LogP contribution in [-0.4, -0.2) is 15.3 Å². The van der Waals surface area contributed by atoms with Gasteiger partial charge in [0.15, 0.2) is 17.3 Å². The number of allylic oxidation sites excluding steroid dienone is 1. The lowest BCUT2D eigenvalue weighted by Gasteiger charge is -1.98. The van der Waals surface area contributed by atoms with Crippen molar-refractivity contribution in [3.63, 3.8) is 0 Å². The van der Waals surface area contributed by atoms with Gasteiger partial charge in [0.05, 0.1) is 5.22 Å². The summed E-state index contributed by atoms with van der Waals surface area (Å²) >= 11 is 3.13. The Bertz CT molecular complexity index is 732. The zero-order valence-electron chi connectivity index (χ0n) is 9.57. The van der Waals surface area contributed by atoms with Gasteiger partial charge in [0, 0.05) is 10.9 Å². The van der Waals surface area contributed by atoms with Crippen LogP contribution in [-0.2, 0) is 0 Å². The lowest BCUT2D eigenvalue weighted by atomic mass is 10.2. The highest BCUT2D eigenvalue weighted by Crippen LogP contribution is 2.20. The highest BCUT2D eigenvalue weighted by Gasteiger charge is 2.14. The van der Waals surface area contributed by atoms with Gasteiger partial charge in [-0.1, -0.05) is 28.1 Å². The molecule has 4 nitrogen and oxygen atoms in total. The van der Waals surface area contributed by atoms with Crippen molar-refractivity contribution >= 4 is 27.8 Å². The number of aryl methyl sites for hydroxylation is 1. The standard InChI is InChI=1S/C13H11BrO4/c1-6-4-7-2-3-8(14)11(16)13(18)10(7)12(17)9(15)5-6/h2,4-5,15-16,18H,3H2,1H3. The second kappa shape index (κ2) is 4.49. The van der Waals surface area contributed by atoms with Crippen molar-refractivity contribution in [3.8, 4) is 5.75 Å². The number of halogens is 1. The third-order valence-electron chi connectivity index (χ3n) is 2.72. The number of hydrogen-bond acceptors (Lipinski definition) is 4. The lowest BCUT2D eigenvalue weighted by Crippen LogP contribution is -2.38. The first-order valence-electron chi connectivity index (χ1n) is 5.27. The smallest absolute Gasteiger partial charge is 0.231 e. The average molecular weight is 311 g/mol. The van der Waals surface area contributed by atoms with Gasteiger partial charge < -0.3 is 15.3 Å². The van der Waals surface area contributed by atoms with Crippen LogP contribution in [0.4, 0.5) is 0 Å². The molecule has 0 heterocycles. The van der Waals surface area contributed by atoms with Crippen molar-refractivity contribution in [2.75, 3.05) is 0 Å². The Hall–Kier alpha value is -1.75. The summed E-state index contributed by atoms with van der Waals surface area (Å²) in [5.74, 6) is -1.37. The molecule has 0 saturated carbocycles. The van der Waals surface area contributed by atoms with E-state index in [2.05, 4.69) is 15.9 Å². The molecule has 0 fully saturated rings. The van der Waals surface area contributed by atoms with E-state index in [1.54, 1.807) is 19.1 Å². The first-order valence-corrected chi connectivity index (χ1v) is 6.06. The van der Waals surface area contributed by atoms with Gasteiger partial charge in [0.2, 0.25) is 5.43 Å². The molecule has 0 atom stereocenters. The fraction of sp³-hybridized carbons (Fsp3) is 0.154. The number of aliphatic hydroxyl groups is 2. The molecule has 0 saturated heterocycles. The Labute approximate surface area is 111 Å². The molecule has 0 spiro atoms. The SMILES string of the molecule is Cc1cc(O)c(=O)c2c(c1)=CCC(Br)=C(O)C=2O. The Morgan fingerprint density at radius 3 is 2.50 bits per heavy atom. The highest BCUT2D eigenvalue weighted by molar-refractivity contribution is 9.11. The minimum absolute atomic E-state index is 0.0902. The van der Waals surface area contributed by atoms with Crippen LogP contribution in [0.25, 0.3) is 11.8 Å². The second-order valence-corrected chi connectivity index (χ2v) is 5.04. The molecule has 3 N–H and O–H groups in total. The molecule has 18 heavy (non-hydrogen) atoms. The Morgan fingerprint density at radius 1 is 1.17 bits per heavy atom. The molecule has 0 unspecified atom stereocenters. The van der Waals surface area contributed by atoms with Crippen molar-refractivity contribution in [3.05, 3.63) is 48.6 Å². The first kappa shape index (κ1) is 12.7. The maximum absolute atomic E-state index is 12.0. The summed E-state index contributed by atoms with van der Waals surface area (Å²) in [5.41, 5.74) is -0.0204. The van der Waals surface area contributed by atoms with Crippen LogP contribution in [0.5, 0.6) is 5.75 Å². The van der Waals surface area contributed by atoms with Gasteiger partial charge in [0.25, 0.3) is 0 Å². The molecule has 1 aliphatic rings. The van der Waals surface area contributed by atoms with Crippen LogP contribution in [0.3, 0.4) is 0 Å². The zero-order chi connectivity index (χ0) is 13.4. The predicted octanol–water partition coefficient (Wildman–Crippen LogP) is 1.08. The lowest BCUT2D eigenvalue weighted by molar-refractivity contribution is 0.379. The largest absolute Gasteiger partial charge is 0.504 e. The molecule has 1 aromatic carbocycles. The zero-order valence-corrected chi connectivity index (χ0v) is 11.2. The number of hydrogen-bond donors (Lipinski definition) is 3. The molecule has 94 valence electrons. The molecule has 1 aromatic rings. The van der Waals surface area contributed by atoms with Gasteiger partial charge in [-0.05, 0) is 23.8 Å². The fourth-order valence-corrected chi connectivity index (χ4v) is 2.20. The number of fused-ring (bicyclic) bond motifs is 1. The molecule has 0 aromatic heterocycles. The summed E-state index contributed by atoms with van der Waals surface area (Å²) in [5, 5.41) is 29.7. The van der Waals surface area contributed by atoms with Crippen molar-refractivity contribution in [2.45, 2.75) is 13.3 Å². The van der Waals surface area contributed by atoms with Gasteiger partial charge in [-0.25, -0.2) is 0 Å². The second-order valence-electron chi connectivity index (χ2n) is 4.09. The van der Waals surface area contributed by atoms with Crippen LogP contribution in [0.2, 0.25) is 0 Å². The molecule has 0 aliphatic heterocycles. The summed E-state index contributed by atoms with van der Waals surface area (Å²) in [4.78, 5) is 12.0. The van der Waals surface area contributed by atoms with Crippen LogP contribution < -0.4 is 15.9 Å². The minimum atomic E-state index is -0.708. The Morgan fingerprint density at radius 2 is 1.83 bits per heavy atom. The summed E-state index contributed by atoms with van der Waals surface area (Å²) in [6.45, 7) is 1.73.